The number of carbonyl (C=O) groups excluding carboxylic acids is 1. The van der Waals surface area contributed by atoms with E-state index in [-0.39, 0.29) is 33.2 Å². The highest BCUT2D eigenvalue weighted by molar-refractivity contribution is 8.00. The van der Waals surface area contributed by atoms with E-state index in [0.29, 0.717) is 16.5 Å². The topological polar surface area (TPSA) is 178 Å². The lowest BCUT2D eigenvalue weighted by atomic mass is 10.0. The van der Waals surface area contributed by atoms with Crippen LogP contribution in [0.2, 0.25) is 5.02 Å². The summed E-state index contributed by atoms with van der Waals surface area (Å²) in [5.74, 6) is -1.10. The number of thioether (sulfide) groups is 1. The molecule has 0 aliphatic carbocycles. The normalized spacial score (nSPS) is 11.4. The van der Waals surface area contributed by atoms with Gasteiger partial charge >= 0.3 is 0 Å². The Morgan fingerprint density at radius 3 is 2.62 bits per heavy atom. The number of carbonyl (C=O) groups is 1. The van der Waals surface area contributed by atoms with Gasteiger partial charge in [-0.3, -0.25) is 4.79 Å². The largest absolute Gasteiger partial charge is 0.539 e. The number of amides is 1. The van der Waals surface area contributed by atoms with Crippen LogP contribution in [0.5, 0.6) is 11.7 Å². The number of methoxy groups -OCH3 is 1. The summed E-state index contributed by atoms with van der Waals surface area (Å²) in [6.07, 6.45) is 0. The summed E-state index contributed by atoms with van der Waals surface area (Å²) in [6.45, 7) is 3.39. The third kappa shape index (κ3) is 4.55. The van der Waals surface area contributed by atoms with Crippen LogP contribution < -0.4 is 25.6 Å². The van der Waals surface area contributed by atoms with E-state index in [0.717, 1.165) is 22.0 Å². The molecule has 0 saturated carbocycles. The Balaban J connectivity index is 2.01. The fourth-order valence-corrected chi connectivity index (χ4v) is 4.15. The highest BCUT2D eigenvalue weighted by Gasteiger charge is 2.30. The van der Waals surface area contributed by atoms with E-state index >= 15 is 0 Å². The number of nitrogens with two attached hydrogens (primary N) is 1. The SMILES string of the molecule is COc1cc(Cl)c(C)cc1NC(=O)C(C)Sc1nc(N)c(C#N)c(-c2c([O-])on[n+]2C)c1C#N. The maximum absolute atomic E-state index is 12.9. The number of nitriles is 2. The molecule has 174 valence electrons. The summed E-state index contributed by atoms with van der Waals surface area (Å²) < 4.78 is 11.0. The van der Waals surface area contributed by atoms with Crippen LogP contribution in [0.1, 0.15) is 23.6 Å². The second-order valence-corrected chi connectivity index (χ2v) is 8.77. The van der Waals surface area contributed by atoms with Crippen LogP contribution in [-0.2, 0) is 11.8 Å². The van der Waals surface area contributed by atoms with E-state index in [9.17, 15) is 20.4 Å². The van der Waals surface area contributed by atoms with Gasteiger partial charge in [0.1, 0.15) is 34.3 Å². The van der Waals surface area contributed by atoms with Crippen molar-refractivity contribution in [2.24, 2.45) is 7.05 Å². The van der Waals surface area contributed by atoms with Gasteiger partial charge in [0, 0.05) is 11.1 Å². The summed E-state index contributed by atoms with van der Waals surface area (Å²) in [5.41, 5.74) is 6.65. The van der Waals surface area contributed by atoms with Crippen LogP contribution >= 0.6 is 23.4 Å². The number of ether oxygens (including phenoxy) is 1. The van der Waals surface area contributed by atoms with Crippen molar-refractivity contribution in [1.82, 2.24) is 10.3 Å². The second-order valence-electron chi connectivity index (χ2n) is 7.03. The molecule has 11 nitrogen and oxygen atoms in total. The minimum absolute atomic E-state index is 0.0589. The molecule has 0 bridgehead atoms. The van der Waals surface area contributed by atoms with Gasteiger partial charge in [-0.2, -0.15) is 10.5 Å². The molecule has 0 fully saturated rings. The molecule has 1 amide bonds. The van der Waals surface area contributed by atoms with Crippen LogP contribution in [0.4, 0.5) is 11.5 Å². The molecular weight excluding hydrogens is 482 g/mol. The quantitative estimate of drug-likeness (QED) is 0.376. The van der Waals surface area contributed by atoms with Crippen molar-refractivity contribution < 1.29 is 23.8 Å². The predicted molar refractivity (Wildman–Crippen MR) is 121 cm³/mol. The Morgan fingerprint density at radius 1 is 1.38 bits per heavy atom. The van der Waals surface area contributed by atoms with Gasteiger partial charge in [-0.05, 0) is 25.5 Å². The van der Waals surface area contributed by atoms with Crippen LogP contribution in [0.25, 0.3) is 11.3 Å². The number of rotatable bonds is 6. The molecule has 3 rings (SSSR count). The van der Waals surface area contributed by atoms with E-state index in [2.05, 4.69) is 20.1 Å². The number of nitrogens with zero attached hydrogens (tertiary/aromatic N) is 5. The van der Waals surface area contributed by atoms with Gasteiger partial charge in [0.05, 0.1) is 34.4 Å². The van der Waals surface area contributed by atoms with Gasteiger partial charge in [-0.15, -0.1) is 0 Å². The van der Waals surface area contributed by atoms with Crippen LogP contribution in [0.15, 0.2) is 21.7 Å². The first-order chi connectivity index (χ1) is 16.1. The lowest BCUT2D eigenvalue weighted by Gasteiger charge is -2.16. The number of nitrogen functional groups attached to an aromatic ring is 1. The standard InChI is InChI=1S/C21H18ClN7O4S/c1-9-5-14(15(32-4)6-13(9)22)26-19(30)10(2)34-20-12(8-24)16(11(7-23)18(25)27-20)17-21(31)33-28-29(17)3/h5-6,10H,1-4H3,(H3-,25,26,27,28,30,31). The van der Waals surface area contributed by atoms with Crippen molar-refractivity contribution in [2.75, 3.05) is 18.2 Å². The van der Waals surface area contributed by atoms with Gasteiger partial charge in [0.2, 0.25) is 5.91 Å². The average molecular weight is 500 g/mol. The fraction of sp³-hybridized carbons (Fsp3) is 0.238. The molecule has 0 saturated heterocycles. The molecule has 0 radical (unpaired) electrons. The van der Waals surface area contributed by atoms with Crippen molar-refractivity contribution in [3.63, 3.8) is 0 Å². The summed E-state index contributed by atoms with van der Waals surface area (Å²) in [7, 11) is 2.87. The maximum atomic E-state index is 12.9. The molecule has 3 aromatic rings. The third-order valence-electron chi connectivity index (χ3n) is 4.81. The predicted octanol–water partition coefficient (Wildman–Crippen LogP) is 2.05. The van der Waals surface area contributed by atoms with E-state index in [1.807, 2.05) is 12.1 Å². The van der Waals surface area contributed by atoms with Gasteiger partial charge in [0.15, 0.2) is 13.0 Å². The van der Waals surface area contributed by atoms with Crippen molar-refractivity contribution in [1.29, 1.82) is 10.5 Å². The zero-order valence-electron chi connectivity index (χ0n) is 18.5. The Bertz CT molecular complexity index is 1360. The van der Waals surface area contributed by atoms with Crippen molar-refractivity contribution >= 4 is 40.8 Å². The molecule has 13 heteroatoms. The first kappa shape index (κ1) is 24.6. The molecule has 2 heterocycles. The lowest BCUT2D eigenvalue weighted by molar-refractivity contribution is -0.730. The number of hydrogen-bond donors (Lipinski definition) is 2. The molecule has 3 N–H and O–H groups in total. The van der Waals surface area contributed by atoms with E-state index < -0.39 is 17.1 Å². The zero-order chi connectivity index (χ0) is 25.2. The van der Waals surface area contributed by atoms with Gasteiger partial charge in [0.25, 0.3) is 5.69 Å². The molecular formula is C21H18ClN7O4S. The molecule has 0 aliphatic heterocycles. The van der Waals surface area contributed by atoms with Gasteiger partial charge < -0.3 is 25.4 Å². The van der Waals surface area contributed by atoms with Crippen LogP contribution in [-0.4, -0.2) is 28.5 Å². The number of benzene rings is 1. The average Bonchev–Trinajstić information content (AvgIpc) is 3.13. The van der Waals surface area contributed by atoms with Crippen LogP contribution in [0, 0.1) is 29.6 Å². The van der Waals surface area contributed by atoms with Crippen molar-refractivity contribution in [3.8, 4) is 35.1 Å². The number of aryl methyl sites for hydroxylation is 2. The number of anilines is 2. The molecule has 0 spiro atoms. The highest BCUT2D eigenvalue weighted by atomic mass is 35.5. The van der Waals surface area contributed by atoms with Crippen LogP contribution in [0.3, 0.4) is 0 Å². The van der Waals surface area contributed by atoms with Gasteiger partial charge in [-0.1, -0.05) is 28.0 Å². The lowest BCUT2D eigenvalue weighted by Crippen LogP contribution is -2.32. The summed E-state index contributed by atoms with van der Waals surface area (Å²) in [5, 5.41) is 37.7. The molecule has 1 aromatic carbocycles. The summed E-state index contributed by atoms with van der Waals surface area (Å²) >= 11 is 7.05. The number of pyridine rings is 1. The smallest absolute Gasteiger partial charge is 0.266 e. The molecule has 34 heavy (non-hydrogen) atoms. The van der Waals surface area contributed by atoms with Gasteiger partial charge in [-0.25, -0.2) is 4.98 Å². The van der Waals surface area contributed by atoms with E-state index in [1.165, 1.54) is 14.2 Å². The molecule has 1 unspecified atom stereocenters. The third-order valence-corrected chi connectivity index (χ3v) is 6.31. The Hall–Kier alpha value is -4.00. The molecule has 1 atom stereocenters. The van der Waals surface area contributed by atoms with E-state index in [4.69, 9.17) is 22.1 Å². The number of nitrogens with one attached hydrogen (secondary N) is 1. The minimum atomic E-state index is -0.854. The second kappa shape index (κ2) is 9.87. The Labute approximate surface area is 203 Å². The molecule has 0 aliphatic rings. The molecule has 2 aromatic heterocycles. The monoisotopic (exact) mass is 499 g/mol. The van der Waals surface area contributed by atoms with Crippen molar-refractivity contribution in [3.05, 3.63) is 33.8 Å². The first-order valence-electron chi connectivity index (χ1n) is 9.61. The van der Waals surface area contributed by atoms with Crippen molar-refractivity contribution in [2.45, 2.75) is 24.1 Å². The Morgan fingerprint density at radius 2 is 2.06 bits per heavy atom. The highest BCUT2D eigenvalue weighted by Crippen LogP contribution is 2.38. The number of hydrogen-bond acceptors (Lipinski definition) is 10. The number of halogens is 1. The number of aromatic nitrogens is 3. The van der Waals surface area contributed by atoms with E-state index in [1.54, 1.807) is 26.0 Å². The zero-order valence-corrected chi connectivity index (χ0v) is 20.0. The summed E-state index contributed by atoms with van der Waals surface area (Å²) in [4.78, 5) is 17.1. The maximum Gasteiger partial charge on any atom is 0.266 e. The fourth-order valence-electron chi connectivity index (χ4n) is 3.08. The first-order valence-corrected chi connectivity index (χ1v) is 10.9. The summed E-state index contributed by atoms with van der Waals surface area (Å²) in [6, 6.07) is 7.09. The Kier molecular flexibility index (Phi) is 7.15. The minimum Gasteiger partial charge on any atom is -0.539 e.